The highest BCUT2D eigenvalue weighted by atomic mass is 35.6. The Bertz CT molecular complexity index is 648. The number of amides is 2. The van der Waals surface area contributed by atoms with E-state index in [1.165, 1.54) is 23.3 Å². The summed E-state index contributed by atoms with van der Waals surface area (Å²) < 4.78 is -3.17. The SMILES string of the molecule is C[C@@H](CC(=O)N(C)[C@@H](C[C@H](C)C(Cl)(Cl)Cl)C(=O)NCc1nccs1)C(Cl)(Cl)Cl. The maximum absolute atomic E-state index is 12.8. The van der Waals surface area contributed by atoms with Crippen LogP contribution < -0.4 is 5.32 Å². The van der Waals surface area contributed by atoms with Gasteiger partial charge in [0.1, 0.15) is 11.0 Å². The number of alkyl halides is 6. The van der Waals surface area contributed by atoms with Crippen molar-refractivity contribution in [2.45, 2.75) is 46.9 Å². The van der Waals surface area contributed by atoms with Gasteiger partial charge in [-0.3, -0.25) is 9.59 Å². The van der Waals surface area contributed by atoms with E-state index in [1.807, 2.05) is 0 Å². The molecule has 1 aromatic rings. The summed E-state index contributed by atoms with van der Waals surface area (Å²) >= 11 is 36.8. The summed E-state index contributed by atoms with van der Waals surface area (Å²) in [7, 11) is 1.51. The Labute approximate surface area is 198 Å². The van der Waals surface area contributed by atoms with Gasteiger partial charge >= 0.3 is 0 Å². The van der Waals surface area contributed by atoms with Crippen LogP contribution in [0.2, 0.25) is 0 Å². The fourth-order valence-corrected chi connectivity index (χ4v) is 3.28. The standard InChI is InChI=1S/C16H21Cl6N3O2S/c1-9(15(17,18)19)6-11(14(27)24-8-12-23-4-5-28-12)25(3)13(26)7-10(2)16(20,21)22/h4-5,9-11H,6-8H2,1-3H3,(H,24,27)/t9-,10-,11-/m0/s1. The lowest BCUT2D eigenvalue weighted by Gasteiger charge is -2.32. The van der Waals surface area contributed by atoms with Crippen LogP contribution in [0.5, 0.6) is 0 Å². The lowest BCUT2D eigenvalue weighted by atomic mass is 10.00. The number of hydrogen-bond donors (Lipinski definition) is 1. The van der Waals surface area contributed by atoms with Crippen molar-refractivity contribution in [3.05, 3.63) is 16.6 Å². The molecule has 0 fully saturated rings. The number of carbonyl (C=O) groups is 2. The van der Waals surface area contributed by atoms with Crippen molar-refractivity contribution in [3.63, 3.8) is 0 Å². The molecule has 0 saturated heterocycles. The minimum atomic E-state index is -1.59. The molecule has 1 N–H and O–H groups in total. The van der Waals surface area contributed by atoms with Crippen LogP contribution in [-0.2, 0) is 16.1 Å². The Morgan fingerprint density at radius 1 is 1.14 bits per heavy atom. The van der Waals surface area contributed by atoms with Crippen LogP contribution in [-0.4, -0.2) is 42.4 Å². The number of carbonyl (C=O) groups excluding carboxylic acids is 2. The first-order valence-corrected chi connectivity index (χ1v) is 11.4. The van der Waals surface area contributed by atoms with E-state index in [1.54, 1.807) is 25.4 Å². The highest BCUT2D eigenvalue weighted by molar-refractivity contribution is 7.09. The van der Waals surface area contributed by atoms with Crippen molar-refractivity contribution in [2.75, 3.05) is 7.05 Å². The smallest absolute Gasteiger partial charge is 0.243 e. The number of aromatic nitrogens is 1. The molecule has 12 heteroatoms. The molecule has 0 saturated carbocycles. The van der Waals surface area contributed by atoms with Crippen LogP contribution in [0, 0.1) is 11.8 Å². The highest BCUT2D eigenvalue weighted by Crippen LogP contribution is 2.39. The predicted molar refractivity (Wildman–Crippen MR) is 119 cm³/mol. The molecule has 160 valence electrons. The minimum Gasteiger partial charge on any atom is -0.348 e. The van der Waals surface area contributed by atoms with Gasteiger partial charge in [0, 0.05) is 36.9 Å². The molecule has 0 aromatic carbocycles. The summed E-state index contributed by atoms with van der Waals surface area (Å²) in [5, 5.41) is 5.31. The van der Waals surface area contributed by atoms with Crippen LogP contribution in [0.15, 0.2) is 11.6 Å². The van der Waals surface area contributed by atoms with Gasteiger partial charge in [-0.15, -0.1) is 11.3 Å². The van der Waals surface area contributed by atoms with Crippen molar-refractivity contribution in [3.8, 4) is 0 Å². The van der Waals surface area contributed by atoms with Gasteiger partial charge < -0.3 is 10.2 Å². The second kappa shape index (κ2) is 11.1. The summed E-state index contributed by atoms with van der Waals surface area (Å²) in [6.45, 7) is 3.57. The summed E-state index contributed by atoms with van der Waals surface area (Å²) in [4.78, 5) is 30.9. The molecule has 0 aliphatic rings. The number of nitrogens with zero attached hydrogens (tertiary/aromatic N) is 2. The second-order valence-electron chi connectivity index (χ2n) is 6.49. The van der Waals surface area contributed by atoms with Crippen LogP contribution in [0.3, 0.4) is 0 Å². The van der Waals surface area contributed by atoms with Crippen LogP contribution >= 0.6 is 80.9 Å². The van der Waals surface area contributed by atoms with Gasteiger partial charge in [0.2, 0.25) is 11.8 Å². The Hall–Kier alpha value is 0.310. The van der Waals surface area contributed by atoms with Gasteiger partial charge in [0.25, 0.3) is 0 Å². The number of rotatable bonds is 8. The van der Waals surface area contributed by atoms with Gasteiger partial charge in [0.05, 0.1) is 6.54 Å². The third kappa shape index (κ3) is 8.58. The average molecular weight is 532 g/mol. The molecule has 28 heavy (non-hydrogen) atoms. The molecule has 1 heterocycles. The van der Waals surface area contributed by atoms with Crippen molar-refractivity contribution >= 4 is 92.8 Å². The van der Waals surface area contributed by atoms with Crippen molar-refractivity contribution in [2.24, 2.45) is 11.8 Å². The van der Waals surface area contributed by atoms with Crippen LogP contribution in [0.25, 0.3) is 0 Å². The number of halogens is 6. The molecule has 0 spiro atoms. The highest BCUT2D eigenvalue weighted by Gasteiger charge is 2.37. The molecule has 1 aromatic heterocycles. The van der Waals surface area contributed by atoms with Gasteiger partial charge in [-0.05, 0) is 6.42 Å². The molecule has 0 aliphatic carbocycles. The average Bonchev–Trinajstić information content (AvgIpc) is 3.08. The monoisotopic (exact) mass is 529 g/mol. The van der Waals surface area contributed by atoms with Crippen molar-refractivity contribution in [1.29, 1.82) is 0 Å². The van der Waals surface area contributed by atoms with Gasteiger partial charge in [-0.25, -0.2) is 4.98 Å². The molecule has 1 rings (SSSR count). The quantitative estimate of drug-likeness (QED) is 0.458. The van der Waals surface area contributed by atoms with Crippen molar-refractivity contribution in [1.82, 2.24) is 15.2 Å². The van der Waals surface area contributed by atoms with Gasteiger partial charge in [-0.1, -0.05) is 83.5 Å². The molecule has 0 bridgehead atoms. The van der Waals surface area contributed by atoms with E-state index >= 15 is 0 Å². The topological polar surface area (TPSA) is 62.3 Å². The van der Waals surface area contributed by atoms with Crippen LogP contribution in [0.4, 0.5) is 0 Å². The minimum absolute atomic E-state index is 0.0502. The Kier molecular flexibility index (Phi) is 10.4. The summed E-state index contributed by atoms with van der Waals surface area (Å²) in [5.41, 5.74) is 0. The lowest BCUT2D eigenvalue weighted by molar-refractivity contribution is -0.140. The zero-order chi connectivity index (χ0) is 21.7. The molecule has 0 unspecified atom stereocenters. The second-order valence-corrected chi connectivity index (χ2v) is 12.2. The number of likely N-dealkylation sites (N-methyl/N-ethyl adjacent to an activating group) is 1. The third-order valence-electron chi connectivity index (χ3n) is 4.24. The molecule has 2 amide bonds. The van der Waals surface area contributed by atoms with Gasteiger partial charge in [-0.2, -0.15) is 0 Å². The van der Waals surface area contributed by atoms with Gasteiger partial charge in [0.15, 0.2) is 7.59 Å². The Balaban J connectivity index is 2.91. The first-order chi connectivity index (χ1) is 12.7. The number of hydrogen-bond acceptors (Lipinski definition) is 4. The fourth-order valence-electron chi connectivity index (χ4n) is 2.23. The molecular weight excluding hydrogens is 511 g/mol. The molecule has 0 radical (unpaired) electrons. The van der Waals surface area contributed by atoms with E-state index in [0.29, 0.717) is 0 Å². The summed E-state index contributed by atoms with van der Waals surface area (Å²) in [6, 6.07) is -0.860. The van der Waals surface area contributed by atoms with E-state index in [2.05, 4.69) is 10.3 Å². The largest absolute Gasteiger partial charge is 0.348 e. The van der Waals surface area contributed by atoms with E-state index in [9.17, 15) is 9.59 Å². The first kappa shape index (κ1) is 26.3. The Morgan fingerprint density at radius 3 is 2.18 bits per heavy atom. The summed E-state index contributed by atoms with van der Waals surface area (Å²) in [5.74, 6) is -1.77. The first-order valence-electron chi connectivity index (χ1n) is 8.28. The molecule has 3 atom stereocenters. The van der Waals surface area contributed by atoms with Crippen LogP contribution in [0.1, 0.15) is 31.7 Å². The zero-order valence-corrected chi connectivity index (χ0v) is 20.7. The third-order valence-corrected chi connectivity index (χ3v) is 7.25. The predicted octanol–water partition coefficient (Wildman–Crippen LogP) is 5.38. The zero-order valence-electron chi connectivity index (χ0n) is 15.4. The molecular formula is C16H21Cl6N3O2S. The van der Waals surface area contributed by atoms with E-state index in [0.717, 1.165) is 5.01 Å². The van der Waals surface area contributed by atoms with Crippen molar-refractivity contribution < 1.29 is 9.59 Å². The normalized spacial score (nSPS) is 15.6. The molecule has 0 aliphatic heterocycles. The van der Waals surface area contributed by atoms with E-state index < -0.39 is 25.5 Å². The maximum atomic E-state index is 12.8. The number of nitrogens with one attached hydrogen (secondary N) is 1. The van der Waals surface area contributed by atoms with E-state index in [4.69, 9.17) is 69.6 Å². The molecule has 5 nitrogen and oxygen atoms in total. The Morgan fingerprint density at radius 2 is 1.71 bits per heavy atom. The maximum Gasteiger partial charge on any atom is 0.243 e. The lowest BCUT2D eigenvalue weighted by Crippen LogP contribution is -2.49. The van der Waals surface area contributed by atoms with E-state index in [-0.39, 0.29) is 31.2 Å². The summed E-state index contributed by atoms with van der Waals surface area (Å²) in [6.07, 6.45) is 1.73. The fraction of sp³-hybridized carbons (Fsp3) is 0.688. The number of thiazole rings is 1.